The second-order valence-electron chi connectivity index (χ2n) is 4.97. The van der Waals surface area contributed by atoms with Crippen LogP contribution in [0.3, 0.4) is 0 Å². The van der Waals surface area contributed by atoms with Crippen LogP contribution in [0, 0.1) is 6.92 Å². The zero-order chi connectivity index (χ0) is 14.5. The predicted molar refractivity (Wildman–Crippen MR) is 79.0 cm³/mol. The zero-order valence-corrected chi connectivity index (χ0v) is 12.3. The Bertz CT molecular complexity index is 567. The summed E-state index contributed by atoms with van der Waals surface area (Å²) in [5.41, 5.74) is 3.08. The van der Waals surface area contributed by atoms with E-state index in [4.69, 9.17) is 4.74 Å². The normalized spacial score (nSPS) is 10.7. The molecule has 0 unspecified atom stereocenters. The van der Waals surface area contributed by atoms with Crippen LogP contribution in [0.1, 0.15) is 36.7 Å². The molecule has 2 aromatic rings. The first-order valence-electron chi connectivity index (χ1n) is 6.67. The number of hydrogen-bond donors (Lipinski definition) is 1. The van der Waals surface area contributed by atoms with Crippen molar-refractivity contribution in [3.8, 4) is 5.88 Å². The minimum absolute atomic E-state index is 0.389. The van der Waals surface area contributed by atoms with Crippen molar-refractivity contribution >= 4 is 5.95 Å². The van der Waals surface area contributed by atoms with Crippen LogP contribution < -0.4 is 10.1 Å². The number of hydrogen-bond acceptors (Lipinski definition) is 5. The fraction of sp³-hybridized carbons (Fsp3) is 0.400. The molecular weight excluding hydrogens is 252 g/mol. The van der Waals surface area contributed by atoms with Gasteiger partial charge >= 0.3 is 0 Å². The Morgan fingerprint density at radius 3 is 2.65 bits per heavy atom. The third-order valence-corrected chi connectivity index (χ3v) is 2.92. The average molecular weight is 272 g/mol. The number of pyridine rings is 1. The van der Waals surface area contributed by atoms with Gasteiger partial charge in [0.15, 0.2) is 0 Å². The molecular formula is C15H20N4O. The summed E-state index contributed by atoms with van der Waals surface area (Å²) in [7, 11) is 1.61. The van der Waals surface area contributed by atoms with Crippen LogP contribution in [-0.4, -0.2) is 22.1 Å². The van der Waals surface area contributed by atoms with Gasteiger partial charge in [0, 0.05) is 30.2 Å². The number of methoxy groups -OCH3 is 1. The van der Waals surface area contributed by atoms with E-state index in [1.807, 2.05) is 25.1 Å². The molecule has 0 saturated heterocycles. The largest absolute Gasteiger partial charge is 0.481 e. The third-order valence-electron chi connectivity index (χ3n) is 2.92. The van der Waals surface area contributed by atoms with Gasteiger partial charge in [-0.1, -0.05) is 19.9 Å². The van der Waals surface area contributed by atoms with Crippen molar-refractivity contribution in [1.29, 1.82) is 0 Å². The van der Waals surface area contributed by atoms with Crippen LogP contribution in [0.4, 0.5) is 5.95 Å². The van der Waals surface area contributed by atoms with Crippen LogP contribution in [0.15, 0.2) is 24.4 Å². The summed E-state index contributed by atoms with van der Waals surface area (Å²) in [6, 6.07) is 5.83. The minimum atomic E-state index is 0.389. The summed E-state index contributed by atoms with van der Waals surface area (Å²) >= 11 is 0. The molecule has 0 aromatic carbocycles. The molecule has 0 aliphatic rings. The van der Waals surface area contributed by atoms with Crippen molar-refractivity contribution < 1.29 is 4.74 Å². The number of ether oxygens (including phenoxy) is 1. The van der Waals surface area contributed by atoms with Gasteiger partial charge in [0.05, 0.1) is 7.11 Å². The van der Waals surface area contributed by atoms with E-state index in [1.165, 1.54) is 0 Å². The molecule has 0 aliphatic carbocycles. The number of rotatable bonds is 5. The van der Waals surface area contributed by atoms with E-state index < -0.39 is 0 Å². The number of anilines is 1. The fourth-order valence-electron chi connectivity index (χ4n) is 1.79. The molecule has 106 valence electrons. The lowest BCUT2D eigenvalue weighted by atomic mass is 10.1. The van der Waals surface area contributed by atoms with E-state index in [-0.39, 0.29) is 0 Å². The van der Waals surface area contributed by atoms with Crippen LogP contribution >= 0.6 is 0 Å². The van der Waals surface area contributed by atoms with Crippen molar-refractivity contribution in [2.75, 3.05) is 12.4 Å². The molecule has 5 heteroatoms. The highest BCUT2D eigenvalue weighted by Gasteiger charge is 2.05. The molecule has 0 fully saturated rings. The summed E-state index contributed by atoms with van der Waals surface area (Å²) in [6.45, 7) is 6.86. The Morgan fingerprint density at radius 1 is 1.25 bits per heavy atom. The second-order valence-corrected chi connectivity index (χ2v) is 4.97. The quantitative estimate of drug-likeness (QED) is 0.906. The molecule has 0 amide bonds. The maximum Gasteiger partial charge on any atom is 0.223 e. The summed E-state index contributed by atoms with van der Waals surface area (Å²) in [6.07, 6.45) is 1.78. The molecule has 0 aliphatic heterocycles. The zero-order valence-electron chi connectivity index (χ0n) is 12.3. The Balaban J connectivity index is 2.06. The lowest BCUT2D eigenvalue weighted by molar-refractivity contribution is 0.397. The van der Waals surface area contributed by atoms with E-state index >= 15 is 0 Å². The number of aryl methyl sites for hydroxylation is 1. The van der Waals surface area contributed by atoms with E-state index in [0.29, 0.717) is 24.3 Å². The molecule has 2 aromatic heterocycles. The minimum Gasteiger partial charge on any atom is -0.481 e. The lowest BCUT2D eigenvalue weighted by Crippen LogP contribution is -2.07. The first kappa shape index (κ1) is 14.2. The Hall–Kier alpha value is -2.17. The van der Waals surface area contributed by atoms with Gasteiger partial charge in [-0.05, 0) is 24.5 Å². The van der Waals surface area contributed by atoms with E-state index in [9.17, 15) is 0 Å². The van der Waals surface area contributed by atoms with Crippen molar-refractivity contribution in [3.63, 3.8) is 0 Å². The predicted octanol–water partition coefficient (Wildman–Crippen LogP) is 2.92. The van der Waals surface area contributed by atoms with Gasteiger partial charge in [-0.3, -0.25) is 0 Å². The maximum atomic E-state index is 5.03. The van der Waals surface area contributed by atoms with Gasteiger partial charge in [0.2, 0.25) is 11.8 Å². The number of nitrogens with zero attached hydrogens (tertiary/aromatic N) is 3. The van der Waals surface area contributed by atoms with Crippen LogP contribution in [0.25, 0.3) is 0 Å². The highest BCUT2D eigenvalue weighted by atomic mass is 16.5. The van der Waals surface area contributed by atoms with Crippen molar-refractivity contribution in [1.82, 2.24) is 15.0 Å². The van der Waals surface area contributed by atoms with Gasteiger partial charge in [-0.25, -0.2) is 15.0 Å². The van der Waals surface area contributed by atoms with Crippen LogP contribution in [0.5, 0.6) is 5.88 Å². The fourth-order valence-corrected chi connectivity index (χ4v) is 1.79. The van der Waals surface area contributed by atoms with E-state index in [1.54, 1.807) is 13.3 Å². The molecule has 0 bridgehead atoms. The number of nitrogens with one attached hydrogen (secondary N) is 1. The Kier molecular flexibility index (Phi) is 4.50. The molecule has 0 spiro atoms. The van der Waals surface area contributed by atoms with Gasteiger partial charge in [-0.15, -0.1) is 0 Å². The molecule has 0 atom stereocenters. The average Bonchev–Trinajstić information content (AvgIpc) is 2.45. The molecule has 2 rings (SSSR count). The maximum absolute atomic E-state index is 5.03. The van der Waals surface area contributed by atoms with Crippen molar-refractivity contribution in [2.24, 2.45) is 0 Å². The number of aromatic nitrogens is 3. The SMILES string of the molecule is COc1ccc(CNc2nc(C)cc(C(C)C)n2)cn1. The van der Waals surface area contributed by atoms with Gasteiger partial charge in [0.25, 0.3) is 0 Å². The van der Waals surface area contributed by atoms with E-state index in [0.717, 1.165) is 17.0 Å². The van der Waals surface area contributed by atoms with Gasteiger partial charge < -0.3 is 10.1 Å². The lowest BCUT2D eigenvalue weighted by Gasteiger charge is -2.10. The molecule has 0 saturated carbocycles. The molecule has 5 nitrogen and oxygen atoms in total. The van der Waals surface area contributed by atoms with Gasteiger partial charge in [-0.2, -0.15) is 0 Å². The van der Waals surface area contributed by atoms with Gasteiger partial charge in [0.1, 0.15) is 0 Å². The first-order valence-corrected chi connectivity index (χ1v) is 6.67. The standard InChI is InChI=1S/C15H20N4O/c1-10(2)13-7-11(3)18-15(19-13)17-9-12-5-6-14(20-4)16-8-12/h5-8,10H,9H2,1-4H3,(H,17,18,19). The highest BCUT2D eigenvalue weighted by molar-refractivity contribution is 5.31. The molecule has 0 radical (unpaired) electrons. The summed E-state index contributed by atoms with van der Waals surface area (Å²) in [5.74, 6) is 1.66. The topological polar surface area (TPSA) is 59.9 Å². The summed E-state index contributed by atoms with van der Waals surface area (Å²) in [5, 5.41) is 3.23. The second kappa shape index (κ2) is 6.32. The van der Waals surface area contributed by atoms with E-state index in [2.05, 4.69) is 34.1 Å². The van der Waals surface area contributed by atoms with Crippen LogP contribution in [-0.2, 0) is 6.54 Å². The summed E-state index contributed by atoms with van der Waals surface area (Å²) < 4.78 is 5.03. The highest BCUT2D eigenvalue weighted by Crippen LogP contribution is 2.15. The Morgan fingerprint density at radius 2 is 2.05 bits per heavy atom. The van der Waals surface area contributed by atoms with Crippen LogP contribution in [0.2, 0.25) is 0 Å². The molecule has 20 heavy (non-hydrogen) atoms. The smallest absolute Gasteiger partial charge is 0.223 e. The third kappa shape index (κ3) is 3.66. The van der Waals surface area contributed by atoms with Crippen molar-refractivity contribution in [2.45, 2.75) is 33.2 Å². The molecule has 2 heterocycles. The first-order chi connectivity index (χ1) is 9.58. The monoisotopic (exact) mass is 272 g/mol. The summed E-state index contributed by atoms with van der Waals surface area (Å²) in [4.78, 5) is 13.1. The molecule has 1 N–H and O–H groups in total. The Labute approximate surface area is 119 Å². The van der Waals surface area contributed by atoms with Crippen molar-refractivity contribution in [3.05, 3.63) is 41.3 Å².